The first-order chi connectivity index (χ1) is 10.2. The van der Waals surface area contributed by atoms with Crippen molar-refractivity contribution in [3.05, 3.63) is 34.9 Å². The molecule has 1 saturated heterocycles. The van der Waals surface area contributed by atoms with Gasteiger partial charge in [-0.3, -0.25) is 4.79 Å². The molecule has 0 aliphatic carbocycles. The summed E-state index contributed by atoms with van der Waals surface area (Å²) in [6.45, 7) is 3.41. The molecular formula is C17H21NO3. The predicted molar refractivity (Wildman–Crippen MR) is 81.1 cm³/mol. The standard InChI is InChI=1S/C17H21NO3/c1-13-10-14(4-2-3-7-19)12-15(11-13)17(20)18-16-5-8-21-9-6-16/h10-12,16,19H,3,5-9H2,1H3,(H,18,20). The molecule has 2 N–H and O–H groups in total. The lowest BCUT2D eigenvalue weighted by molar-refractivity contribution is 0.0696. The minimum atomic E-state index is -0.0594. The van der Waals surface area contributed by atoms with Crippen molar-refractivity contribution in [1.29, 1.82) is 0 Å². The monoisotopic (exact) mass is 287 g/mol. The summed E-state index contributed by atoms with van der Waals surface area (Å²) in [6.07, 6.45) is 2.17. The third-order valence-corrected chi connectivity index (χ3v) is 3.37. The first-order valence-corrected chi connectivity index (χ1v) is 7.29. The molecule has 0 unspecified atom stereocenters. The van der Waals surface area contributed by atoms with Crippen molar-refractivity contribution in [2.75, 3.05) is 19.8 Å². The van der Waals surface area contributed by atoms with Crippen LogP contribution in [0.5, 0.6) is 0 Å². The minimum absolute atomic E-state index is 0.0515. The molecule has 21 heavy (non-hydrogen) atoms. The van der Waals surface area contributed by atoms with E-state index in [-0.39, 0.29) is 18.6 Å². The highest BCUT2D eigenvalue weighted by atomic mass is 16.5. The van der Waals surface area contributed by atoms with Crippen molar-refractivity contribution < 1.29 is 14.6 Å². The fraction of sp³-hybridized carbons (Fsp3) is 0.471. The van der Waals surface area contributed by atoms with Crippen LogP contribution in [0.1, 0.15) is 40.7 Å². The van der Waals surface area contributed by atoms with Crippen molar-refractivity contribution >= 4 is 5.91 Å². The fourth-order valence-electron chi connectivity index (χ4n) is 2.32. The highest BCUT2D eigenvalue weighted by Crippen LogP contribution is 2.12. The predicted octanol–water partition coefficient (Wildman–Crippen LogP) is 1.64. The van der Waals surface area contributed by atoms with Crippen molar-refractivity contribution in [2.45, 2.75) is 32.2 Å². The third-order valence-electron chi connectivity index (χ3n) is 3.37. The van der Waals surface area contributed by atoms with Gasteiger partial charge in [0.15, 0.2) is 0 Å². The quantitative estimate of drug-likeness (QED) is 0.831. The van der Waals surface area contributed by atoms with Crippen molar-refractivity contribution in [3.8, 4) is 11.8 Å². The van der Waals surface area contributed by atoms with Gasteiger partial charge in [-0.05, 0) is 43.5 Å². The van der Waals surface area contributed by atoms with Crippen LogP contribution in [0.2, 0.25) is 0 Å². The number of ether oxygens (including phenoxy) is 1. The smallest absolute Gasteiger partial charge is 0.251 e. The molecule has 0 spiro atoms. The topological polar surface area (TPSA) is 58.6 Å². The van der Waals surface area contributed by atoms with Gasteiger partial charge < -0.3 is 15.2 Å². The molecule has 0 radical (unpaired) electrons. The number of benzene rings is 1. The van der Waals surface area contributed by atoms with E-state index in [0.717, 1.165) is 24.0 Å². The summed E-state index contributed by atoms with van der Waals surface area (Å²) in [5.41, 5.74) is 2.44. The minimum Gasteiger partial charge on any atom is -0.395 e. The van der Waals surface area contributed by atoms with Crippen LogP contribution >= 0.6 is 0 Å². The van der Waals surface area contributed by atoms with Crippen molar-refractivity contribution in [3.63, 3.8) is 0 Å². The van der Waals surface area contributed by atoms with Gasteiger partial charge in [0.05, 0.1) is 6.61 Å². The molecule has 0 atom stereocenters. The summed E-state index contributed by atoms with van der Waals surface area (Å²) in [5.74, 6) is 5.79. The van der Waals surface area contributed by atoms with Crippen molar-refractivity contribution in [1.82, 2.24) is 5.32 Å². The van der Waals surface area contributed by atoms with E-state index < -0.39 is 0 Å². The zero-order valence-electron chi connectivity index (χ0n) is 12.3. The fourth-order valence-corrected chi connectivity index (χ4v) is 2.32. The Morgan fingerprint density at radius 2 is 2.14 bits per heavy atom. The van der Waals surface area contributed by atoms with Crippen LogP contribution in [0, 0.1) is 18.8 Å². The third kappa shape index (κ3) is 4.89. The Balaban J connectivity index is 2.07. The van der Waals surface area contributed by atoms with Gasteiger partial charge in [-0.15, -0.1) is 0 Å². The van der Waals surface area contributed by atoms with Crippen LogP contribution in [0.25, 0.3) is 0 Å². The van der Waals surface area contributed by atoms with Crippen LogP contribution < -0.4 is 5.32 Å². The number of amides is 1. The molecule has 1 fully saturated rings. The number of rotatable bonds is 3. The number of aryl methyl sites for hydroxylation is 1. The Bertz CT molecular complexity index is 551. The second-order valence-corrected chi connectivity index (χ2v) is 5.22. The maximum Gasteiger partial charge on any atom is 0.251 e. The molecule has 4 nitrogen and oxygen atoms in total. The van der Waals surface area contributed by atoms with Crippen LogP contribution in [0.15, 0.2) is 18.2 Å². The van der Waals surface area contributed by atoms with Gasteiger partial charge in [0.2, 0.25) is 0 Å². The Labute approximate surface area is 125 Å². The summed E-state index contributed by atoms with van der Waals surface area (Å²) < 4.78 is 5.29. The van der Waals surface area contributed by atoms with E-state index in [0.29, 0.717) is 25.2 Å². The molecule has 1 heterocycles. The molecule has 4 heteroatoms. The maximum atomic E-state index is 12.3. The highest BCUT2D eigenvalue weighted by Gasteiger charge is 2.17. The number of hydrogen-bond donors (Lipinski definition) is 2. The molecular weight excluding hydrogens is 266 g/mol. The zero-order valence-corrected chi connectivity index (χ0v) is 12.3. The second-order valence-electron chi connectivity index (χ2n) is 5.22. The van der Waals surface area contributed by atoms with E-state index in [9.17, 15) is 4.79 Å². The molecule has 1 aromatic rings. The number of nitrogens with one attached hydrogen (secondary N) is 1. The lowest BCUT2D eigenvalue weighted by Crippen LogP contribution is -2.38. The lowest BCUT2D eigenvalue weighted by atomic mass is 10.0. The van der Waals surface area contributed by atoms with E-state index in [1.807, 2.05) is 19.1 Å². The molecule has 1 amide bonds. The van der Waals surface area contributed by atoms with E-state index >= 15 is 0 Å². The molecule has 112 valence electrons. The number of carbonyl (C=O) groups excluding carboxylic acids is 1. The summed E-state index contributed by atoms with van der Waals surface area (Å²) in [5, 5.41) is 11.8. The average molecular weight is 287 g/mol. The highest BCUT2D eigenvalue weighted by molar-refractivity contribution is 5.95. The molecule has 0 bridgehead atoms. The number of aliphatic hydroxyl groups excluding tert-OH is 1. The van der Waals surface area contributed by atoms with Gasteiger partial charge in [-0.25, -0.2) is 0 Å². The number of hydrogen-bond acceptors (Lipinski definition) is 3. The van der Waals surface area contributed by atoms with Gasteiger partial charge in [-0.2, -0.15) is 0 Å². The largest absolute Gasteiger partial charge is 0.395 e. The van der Waals surface area contributed by atoms with Crippen LogP contribution in [-0.4, -0.2) is 36.9 Å². The summed E-state index contributed by atoms with van der Waals surface area (Å²) in [7, 11) is 0. The normalized spacial score (nSPS) is 15.1. The van der Waals surface area contributed by atoms with Gasteiger partial charge in [0, 0.05) is 36.8 Å². The van der Waals surface area contributed by atoms with Gasteiger partial charge >= 0.3 is 0 Å². The molecule has 1 aliphatic heterocycles. The van der Waals surface area contributed by atoms with Crippen LogP contribution in [-0.2, 0) is 4.74 Å². The zero-order chi connectivity index (χ0) is 15.1. The summed E-state index contributed by atoms with van der Waals surface area (Å²) >= 11 is 0. The summed E-state index contributed by atoms with van der Waals surface area (Å²) in [6, 6.07) is 5.80. The van der Waals surface area contributed by atoms with E-state index in [1.165, 1.54) is 0 Å². The van der Waals surface area contributed by atoms with Crippen LogP contribution in [0.4, 0.5) is 0 Å². The average Bonchev–Trinajstić information content (AvgIpc) is 2.48. The molecule has 1 aliphatic rings. The Morgan fingerprint density at radius 3 is 2.86 bits per heavy atom. The number of carbonyl (C=O) groups is 1. The van der Waals surface area contributed by atoms with Gasteiger partial charge in [-0.1, -0.05) is 11.8 Å². The second kappa shape index (κ2) is 7.82. The summed E-state index contributed by atoms with van der Waals surface area (Å²) in [4.78, 5) is 12.3. The maximum absolute atomic E-state index is 12.3. The molecule has 2 rings (SSSR count). The molecule has 1 aromatic carbocycles. The Hall–Kier alpha value is -1.83. The van der Waals surface area contributed by atoms with E-state index in [2.05, 4.69) is 17.2 Å². The van der Waals surface area contributed by atoms with E-state index in [4.69, 9.17) is 9.84 Å². The van der Waals surface area contributed by atoms with Crippen molar-refractivity contribution in [2.24, 2.45) is 0 Å². The van der Waals surface area contributed by atoms with Crippen LogP contribution in [0.3, 0.4) is 0 Å². The first-order valence-electron chi connectivity index (χ1n) is 7.29. The van der Waals surface area contributed by atoms with E-state index in [1.54, 1.807) is 6.07 Å². The first kappa shape index (κ1) is 15.6. The van der Waals surface area contributed by atoms with Gasteiger partial charge in [0.25, 0.3) is 5.91 Å². The number of aliphatic hydroxyl groups is 1. The Morgan fingerprint density at radius 1 is 1.38 bits per heavy atom. The Kier molecular flexibility index (Phi) is 5.79. The van der Waals surface area contributed by atoms with Gasteiger partial charge in [0.1, 0.15) is 0 Å². The molecule has 0 saturated carbocycles. The lowest BCUT2D eigenvalue weighted by Gasteiger charge is -2.23. The molecule has 0 aromatic heterocycles. The SMILES string of the molecule is Cc1cc(C#CCCO)cc(C(=O)NC2CCOCC2)c1.